The summed E-state index contributed by atoms with van der Waals surface area (Å²) < 4.78 is 12.7. The van der Waals surface area contributed by atoms with E-state index in [9.17, 15) is 0 Å². The van der Waals surface area contributed by atoms with Gasteiger partial charge in [-0.1, -0.05) is 183 Å². The Morgan fingerprint density at radius 3 is 0.981 bits per heavy atom. The molecule has 6 rings (SSSR count). The maximum Gasteiger partial charge on any atom is 0.130 e. The van der Waals surface area contributed by atoms with Gasteiger partial charge in [0.2, 0.25) is 0 Å². The standard InChI is InChI=1S/C48H48Br2O2/c1-47(2,3)41-27-37(39(29-49)43(45(41)51-7)35-23-19-33(20-24-35)31-15-11-9-12-16-31)38-28-42(48(4,5)6)46(52-8)44(40(38)30-50)36-25-21-34(22-26-36)32-17-13-10-14-18-32/h9-28H,29-30H2,1-8H3. The molecule has 0 unspecified atom stereocenters. The molecule has 0 heterocycles. The highest BCUT2D eigenvalue weighted by molar-refractivity contribution is 9.08. The average molecular weight is 817 g/mol. The molecular formula is C48H48Br2O2. The molecule has 52 heavy (non-hydrogen) atoms. The molecule has 2 nitrogen and oxygen atoms in total. The van der Waals surface area contributed by atoms with Crippen molar-refractivity contribution in [2.45, 2.75) is 63.0 Å². The minimum Gasteiger partial charge on any atom is -0.496 e. The molecule has 0 saturated carbocycles. The smallest absolute Gasteiger partial charge is 0.130 e. The van der Waals surface area contributed by atoms with Crippen LogP contribution in [0, 0.1) is 0 Å². The number of rotatable bonds is 9. The van der Waals surface area contributed by atoms with E-state index in [1.807, 2.05) is 0 Å². The molecule has 0 bridgehead atoms. The number of methoxy groups -OCH3 is 2. The fraction of sp³-hybridized carbons (Fsp3) is 0.250. The first kappa shape index (κ1) is 37.6. The summed E-state index contributed by atoms with van der Waals surface area (Å²) in [6.07, 6.45) is 0. The number of halogens is 2. The van der Waals surface area contributed by atoms with Crippen LogP contribution in [0.15, 0.2) is 121 Å². The highest BCUT2D eigenvalue weighted by Gasteiger charge is 2.31. The van der Waals surface area contributed by atoms with Crippen LogP contribution >= 0.6 is 31.9 Å². The van der Waals surface area contributed by atoms with E-state index in [2.05, 4.69) is 195 Å². The number of hydrogen-bond donors (Lipinski definition) is 0. The fourth-order valence-corrected chi connectivity index (χ4v) is 8.40. The van der Waals surface area contributed by atoms with Gasteiger partial charge < -0.3 is 9.47 Å². The Bertz CT molecular complexity index is 2000. The van der Waals surface area contributed by atoms with Crippen LogP contribution in [0.25, 0.3) is 55.6 Å². The zero-order valence-electron chi connectivity index (χ0n) is 31.5. The Morgan fingerprint density at radius 2 is 0.712 bits per heavy atom. The summed E-state index contributed by atoms with van der Waals surface area (Å²) in [6.45, 7) is 13.6. The number of alkyl halides is 2. The zero-order chi connectivity index (χ0) is 37.2. The molecule has 0 aliphatic carbocycles. The predicted octanol–water partition coefficient (Wildman–Crippen LogP) is 14.4. The highest BCUT2D eigenvalue weighted by Crippen LogP contribution is 2.51. The van der Waals surface area contributed by atoms with Crippen LogP contribution in [0.3, 0.4) is 0 Å². The summed E-state index contributed by atoms with van der Waals surface area (Å²) in [7, 11) is 3.60. The van der Waals surface area contributed by atoms with Gasteiger partial charge in [0.05, 0.1) is 14.2 Å². The summed E-state index contributed by atoms with van der Waals surface area (Å²) in [5.41, 5.74) is 16.0. The van der Waals surface area contributed by atoms with Gasteiger partial charge in [-0.2, -0.15) is 0 Å². The molecule has 0 N–H and O–H groups in total. The van der Waals surface area contributed by atoms with Crippen LogP contribution in [0.5, 0.6) is 11.5 Å². The van der Waals surface area contributed by atoms with Gasteiger partial charge in [0.1, 0.15) is 11.5 Å². The first-order valence-electron chi connectivity index (χ1n) is 17.8. The van der Waals surface area contributed by atoms with E-state index in [1.54, 1.807) is 14.2 Å². The molecule has 0 amide bonds. The van der Waals surface area contributed by atoms with Crippen molar-refractivity contribution in [3.8, 4) is 67.1 Å². The Balaban J connectivity index is 1.67. The molecule has 6 aromatic carbocycles. The molecule has 0 aromatic heterocycles. The van der Waals surface area contributed by atoms with Gasteiger partial charge in [0.15, 0.2) is 0 Å². The van der Waals surface area contributed by atoms with Crippen LogP contribution in [-0.4, -0.2) is 14.2 Å². The molecule has 4 heteroatoms. The summed E-state index contributed by atoms with van der Waals surface area (Å²) in [5, 5.41) is 1.30. The highest BCUT2D eigenvalue weighted by atomic mass is 79.9. The van der Waals surface area contributed by atoms with E-state index >= 15 is 0 Å². The van der Waals surface area contributed by atoms with Gasteiger partial charge in [-0.25, -0.2) is 0 Å². The third kappa shape index (κ3) is 7.38. The average Bonchev–Trinajstić information content (AvgIpc) is 3.16. The lowest BCUT2D eigenvalue weighted by atomic mass is 9.76. The van der Waals surface area contributed by atoms with Gasteiger partial charge >= 0.3 is 0 Å². The lowest BCUT2D eigenvalue weighted by Crippen LogP contribution is -2.16. The van der Waals surface area contributed by atoms with E-state index in [0.717, 1.165) is 33.8 Å². The monoisotopic (exact) mass is 814 g/mol. The Morgan fingerprint density at radius 1 is 0.423 bits per heavy atom. The van der Waals surface area contributed by atoms with E-state index in [4.69, 9.17) is 9.47 Å². The van der Waals surface area contributed by atoms with Crippen LogP contribution in [0.1, 0.15) is 63.8 Å². The largest absolute Gasteiger partial charge is 0.496 e. The van der Waals surface area contributed by atoms with Gasteiger partial charge in [0, 0.05) is 32.9 Å². The van der Waals surface area contributed by atoms with E-state index in [0.29, 0.717) is 10.7 Å². The minimum atomic E-state index is -0.187. The van der Waals surface area contributed by atoms with Crippen LogP contribution in [0.4, 0.5) is 0 Å². The lowest BCUT2D eigenvalue weighted by Gasteiger charge is -2.31. The second-order valence-electron chi connectivity index (χ2n) is 15.4. The van der Waals surface area contributed by atoms with Gasteiger partial charge in [-0.15, -0.1) is 0 Å². The third-order valence-electron chi connectivity index (χ3n) is 9.92. The number of benzene rings is 6. The molecule has 0 aliphatic rings. The van der Waals surface area contributed by atoms with Crippen molar-refractivity contribution in [3.63, 3.8) is 0 Å². The number of ether oxygens (including phenoxy) is 2. The Kier molecular flexibility index (Phi) is 11.2. The molecule has 0 radical (unpaired) electrons. The first-order chi connectivity index (χ1) is 24.9. The molecule has 0 atom stereocenters. The van der Waals surface area contributed by atoms with Crippen molar-refractivity contribution in [2.24, 2.45) is 0 Å². The summed E-state index contributed by atoms with van der Waals surface area (Å²) in [5.74, 6) is 1.83. The van der Waals surface area contributed by atoms with Gasteiger partial charge in [-0.3, -0.25) is 0 Å². The summed E-state index contributed by atoms with van der Waals surface area (Å²) in [6, 6.07) is 43.7. The van der Waals surface area contributed by atoms with E-state index in [-0.39, 0.29) is 10.8 Å². The normalized spacial score (nSPS) is 11.8. The SMILES string of the molecule is COc1c(C(C)(C)C)cc(-c2cc(C(C)(C)C)c(OC)c(-c3ccc(-c4ccccc4)cc3)c2CBr)c(CBr)c1-c1ccc(-c2ccccc2)cc1. The molecule has 0 spiro atoms. The first-order valence-corrected chi connectivity index (χ1v) is 20.1. The van der Waals surface area contributed by atoms with Crippen molar-refractivity contribution in [1.29, 1.82) is 0 Å². The van der Waals surface area contributed by atoms with E-state index in [1.165, 1.54) is 55.6 Å². The summed E-state index contributed by atoms with van der Waals surface area (Å²) >= 11 is 7.96. The molecular weight excluding hydrogens is 768 g/mol. The van der Waals surface area contributed by atoms with Crippen LogP contribution in [0.2, 0.25) is 0 Å². The van der Waals surface area contributed by atoms with Crippen molar-refractivity contribution in [3.05, 3.63) is 144 Å². The van der Waals surface area contributed by atoms with Gasteiger partial charge in [0.25, 0.3) is 0 Å². The van der Waals surface area contributed by atoms with E-state index < -0.39 is 0 Å². The maximum absolute atomic E-state index is 6.37. The van der Waals surface area contributed by atoms with Crippen molar-refractivity contribution in [2.75, 3.05) is 14.2 Å². The quantitative estimate of drug-likeness (QED) is 0.135. The molecule has 0 aliphatic heterocycles. The fourth-order valence-electron chi connectivity index (χ4n) is 7.23. The second kappa shape index (κ2) is 15.5. The van der Waals surface area contributed by atoms with Crippen molar-refractivity contribution >= 4 is 31.9 Å². The maximum atomic E-state index is 6.37. The Hall–Kier alpha value is -4.12. The van der Waals surface area contributed by atoms with Crippen molar-refractivity contribution < 1.29 is 9.47 Å². The van der Waals surface area contributed by atoms with Crippen LogP contribution < -0.4 is 9.47 Å². The third-order valence-corrected chi connectivity index (χ3v) is 11.0. The molecule has 266 valence electrons. The number of hydrogen-bond acceptors (Lipinski definition) is 2. The molecule has 6 aromatic rings. The predicted molar refractivity (Wildman–Crippen MR) is 229 cm³/mol. The zero-order valence-corrected chi connectivity index (χ0v) is 34.7. The Labute approximate surface area is 327 Å². The molecule has 0 saturated heterocycles. The van der Waals surface area contributed by atoms with Crippen LogP contribution in [-0.2, 0) is 21.5 Å². The van der Waals surface area contributed by atoms with Crippen molar-refractivity contribution in [1.82, 2.24) is 0 Å². The summed E-state index contributed by atoms with van der Waals surface area (Å²) in [4.78, 5) is 0. The lowest BCUT2D eigenvalue weighted by molar-refractivity contribution is 0.398. The topological polar surface area (TPSA) is 18.5 Å². The van der Waals surface area contributed by atoms with Gasteiger partial charge in [-0.05, 0) is 78.6 Å². The molecule has 0 fully saturated rings. The minimum absolute atomic E-state index is 0.187. The second-order valence-corrected chi connectivity index (χ2v) is 16.5.